The van der Waals surface area contributed by atoms with Gasteiger partial charge in [-0.3, -0.25) is 0 Å². The monoisotopic (exact) mass is 814 g/mol. The Morgan fingerprint density at radius 1 is 0.702 bits per heavy atom. The van der Waals surface area contributed by atoms with Gasteiger partial charge in [-0.05, 0) is 54.8 Å². The molecule has 10 N–H and O–H groups in total. The summed E-state index contributed by atoms with van der Waals surface area (Å²) in [4.78, 5) is 13.4. The van der Waals surface area contributed by atoms with E-state index in [4.69, 9.17) is 42.6 Å². The largest absolute Gasteiger partial charge is 0.504 e. The number of carbonyl (C=O) groups is 1. The molecule has 0 saturated carbocycles. The summed E-state index contributed by atoms with van der Waals surface area (Å²) in [6.07, 6.45) is -22.0. The smallest absolute Gasteiger partial charge is 0.331 e. The lowest BCUT2D eigenvalue weighted by Crippen LogP contribution is -2.65. The van der Waals surface area contributed by atoms with Crippen molar-refractivity contribution in [3.05, 3.63) is 53.6 Å². The van der Waals surface area contributed by atoms with Gasteiger partial charge in [-0.2, -0.15) is 0 Å². The van der Waals surface area contributed by atoms with Crippen molar-refractivity contribution in [1.29, 1.82) is 0 Å². The summed E-state index contributed by atoms with van der Waals surface area (Å²) < 4.78 is 50.8. The molecule has 3 saturated heterocycles. The minimum Gasteiger partial charge on any atom is -0.504 e. The van der Waals surface area contributed by atoms with Crippen LogP contribution < -0.4 is 9.47 Å². The van der Waals surface area contributed by atoms with E-state index in [0.717, 1.165) is 6.08 Å². The fourth-order valence-corrected chi connectivity index (χ4v) is 6.46. The molecule has 20 nitrogen and oxygen atoms in total. The fraction of sp³-hybridized carbons (Fsp3) is 0.595. The van der Waals surface area contributed by atoms with Gasteiger partial charge < -0.3 is 93.7 Å². The summed E-state index contributed by atoms with van der Waals surface area (Å²) >= 11 is 0. The van der Waals surface area contributed by atoms with Crippen molar-refractivity contribution in [2.24, 2.45) is 0 Å². The molecule has 0 amide bonds. The Morgan fingerprint density at radius 2 is 1.37 bits per heavy atom. The molecule has 7 unspecified atom stereocenters. The zero-order valence-electron chi connectivity index (χ0n) is 31.2. The maximum absolute atomic E-state index is 13.4. The summed E-state index contributed by atoms with van der Waals surface area (Å²) in [7, 11) is 2.73. The predicted octanol–water partition coefficient (Wildman–Crippen LogP) is -2.59. The van der Waals surface area contributed by atoms with Crippen LogP contribution in [-0.4, -0.2) is 183 Å². The second-order valence-electron chi connectivity index (χ2n) is 13.6. The van der Waals surface area contributed by atoms with Crippen molar-refractivity contribution >= 4 is 12.0 Å². The number of aliphatic hydroxyl groups excluding tert-OH is 8. The van der Waals surface area contributed by atoms with Gasteiger partial charge in [0.05, 0.1) is 40.1 Å². The fourth-order valence-electron chi connectivity index (χ4n) is 6.46. The second-order valence-corrected chi connectivity index (χ2v) is 13.6. The van der Waals surface area contributed by atoms with E-state index in [1.807, 2.05) is 0 Å². The number of carbonyl (C=O) groups excluding carboxylic acids is 1. The van der Waals surface area contributed by atoms with Crippen LogP contribution in [0.4, 0.5) is 0 Å². The normalized spacial score (nSPS) is 35.9. The lowest BCUT2D eigenvalue weighted by atomic mass is 9.96. The van der Waals surface area contributed by atoms with E-state index in [2.05, 4.69) is 0 Å². The molecular formula is C37H50O20. The quantitative estimate of drug-likeness (QED) is 0.0652. The first-order valence-corrected chi connectivity index (χ1v) is 18.0. The first kappa shape index (κ1) is 44.4. The highest BCUT2D eigenvalue weighted by Crippen LogP contribution is 2.33. The first-order chi connectivity index (χ1) is 27.2. The maximum atomic E-state index is 13.4. The van der Waals surface area contributed by atoms with Crippen molar-refractivity contribution in [3.8, 4) is 23.0 Å². The third kappa shape index (κ3) is 10.5. The van der Waals surface area contributed by atoms with Gasteiger partial charge in [0.25, 0.3) is 0 Å². The molecule has 0 aromatic heterocycles. The Labute approximate surface area is 326 Å². The van der Waals surface area contributed by atoms with Crippen LogP contribution in [-0.2, 0) is 44.4 Å². The molecule has 3 fully saturated rings. The van der Waals surface area contributed by atoms with E-state index in [1.54, 1.807) is 12.1 Å². The Hall–Kier alpha value is -3.71. The molecule has 15 atom stereocenters. The van der Waals surface area contributed by atoms with Crippen LogP contribution in [0.2, 0.25) is 0 Å². The number of hydrogen-bond acceptors (Lipinski definition) is 20. The van der Waals surface area contributed by atoms with Crippen molar-refractivity contribution in [3.63, 3.8) is 0 Å². The number of rotatable bonds is 15. The van der Waals surface area contributed by atoms with Crippen LogP contribution in [0.5, 0.6) is 23.0 Å². The lowest BCUT2D eigenvalue weighted by Gasteiger charge is -2.47. The Balaban J connectivity index is 1.44. The highest BCUT2D eigenvalue weighted by atomic mass is 16.8. The number of aromatic hydroxyl groups is 2. The summed E-state index contributed by atoms with van der Waals surface area (Å²) in [5.41, 5.74) is 1.02. The number of ether oxygens (including phenoxy) is 9. The summed E-state index contributed by atoms with van der Waals surface area (Å²) in [6.45, 7) is -0.132. The van der Waals surface area contributed by atoms with E-state index >= 15 is 0 Å². The van der Waals surface area contributed by atoms with E-state index in [9.17, 15) is 55.9 Å². The molecular weight excluding hydrogens is 764 g/mol. The third-order valence-electron chi connectivity index (χ3n) is 9.77. The number of aliphatic hydroxyl groups is 8. The first-order valence-electron chi connectivity index (χ1n) is 18.0. The van der Waals surface area contributed by atoms with Crippen molar-refractivity contribution in [2.75, 3.05) is 34.0 Å². The second kappa shape index (κ2) is 19.8. The molecule has 3 aliphatic rings. The molecule has 0 aliphatic carbocycles. The minimum atomic E-state index is -1.86. The summed E-state index contributed by atoms with van der Waals surface area (Å²) in [5, 5.41) is 104. The van der Waals surface area contributed by atoms with E-state index in [0.29, 0.717) is 11.1 Å². The van der Waals surface area contributed by atoms with Crippen LogP contribution in [0.25, 0.3) is 6.08 Å². The maximum Gasteiger partial charge on any atom is 0.331 e. The Bertz CT molecular complexity index is 1640. The van der Waals surface area contributed by atoms with Gasteiger partial charge in [-0.25, -0.2) is 4.79 Å². The number of phenolic OH excluding ortho intramolecular Hbond substituents is 2. The van der Waals surface area contributed by atoms with Crippen LogP contribution >= 0.6 is 0 Å². The van der Waals surface area contributed by atoms with Crippen molar-refractivity contribution in [1.82, 2.24) is 0 Å². The van der Waals surface area contributed by atoms with Crippen molar-refractivity contribution in [2.45, 2.75) is 105 Å². The molecule has 2 aromatic rings. The third-order valence-corrected chi connectivity index (χ3v) is 9.77. The molecule has 2 aromatic carbocycles. The SMILES string of the molecule is COc1ccc(CCO[C@H]2OC(CO[C@@H]3O[C@H](CO)C(O)[C@H](O)[C@H]3O)C(OC(=O)C=Cc3ccc(O)c(OC)c3)[C@H](OC3O[C@@H](C)C(O)C(O)[C@H]3O)C2O)cc1O. The lowest BCUT2D eigenvalue weighted by molar-refractivity contribution is -0.364. The van der Waals surface area contributed by atoms with Crippen LogP contribution in [0, 0.1) is 0 Å². The van der Waals surface area contributed by atoms with E-state index in [1.165, 1.54) is 51.5 Å². The zero-order valence-corrected chi connectivity index (χ0v) is 31.2. The van der Waals surface area contributed by atoms with E-state index < -0.39 is 111 Å². The van der Waals surface area contributed by atoms with Crippen LogP contribution in [0.1, 0.15) is 18.1 Å². The van der Waals surface area contributed by atoms with Gasteiger partial charge >= 0.3 is 5.97 Å². The van der Waals surface area contributed by atoms with Crippen molar-refractivity contribution < 1.29 is 98.5 Å². The molecule has 0 bridgehead atoms. The number of phenols is 2. The van der Waals surface area contributed by atoms with Gasteiger partial charge in [0.2, 0.25) is 0 Å². The van der Waals surface area contributed by atoms with Gasteiger partial charge in [0.1, 0.15) is 61.0 Å². The van der Waals surface area contributed by atoms with E-state index in [-0.39, 0.29) is 36.0 Å². The Morgan fingerprint density at radius 3 is 2.05 bits per heavy atom. The molecule has 20 heteroatoms. The average molecular weight is 815 g/mol. The summed E-state index contributed by atoms with van der Waals surface area (Å²) in [6, 6.07) is 8.92. The topological polar surface area (TPSA) is 302 Å². The number of methoxy groups -OCH3 is 2. The van der Waals surface area contributed by atoms with Crippen LogP contribution in [0.3, 0.4) is 0 Å². The highest BCUT2D eigenvalue weighted by molar-refractivity contribution is 5.87. The summed E-state index contributed by atoms with van der Waals surface area (Å²) in [5.74, 6) is -0.938. The number of benzene rings is 2. The molecule has 3 aliphatic heterocycles. The van der Waals surface area contributed by atoms with Gasteiger partial charge in [-0.1, -0.05) is 12.1 Å². The molecule has 0 spiro atoms. The number of hydrogen-bond donors (Lipinski definition) is 10. The molecule has 3 heterocycles. The molecule has 57 heavy (non-hydrogen) atoms. The van der Waals surface area contributed by atoms with Gasteiger partial charge in [0, 0.05) is 6.08 Å². The predicted molar refractivity (Wildman–Crippen MR) is 190 cm³/mol. The Kier molecular flexibility index (Phi) is 15.4. The molecule has 5 rings (SSSR count). The minimum absolute atomic E-state index is 0.121. The molecule has 0 radical (unpaired) electrons. The van der Waals surface area contributed by atoms with Gasteiger partial charge in [-0.15, -0.1) is 0 Å². The van der Waals surface area contributed by atoms with Gasteiger partial charge in [0.15, 0.2) is 48.0 Å². The molecule has 318 valence electrons. The van der Waals surface area contributed by atoms with Crippen LogP contribution in [0.15, 0.2) is 42.5 Å². The zero-order chi connectivity index (χ0) is 41.6. The highest BCUT2D eigenvalue weighted by Gasteiger charge is 2.53. The average Bonchev–Trinajstić information content (AvgIpc) is 3.20. The number of esters is 1. The standard InChI is InChI=1S/C37H50O20/c1-16-26(42)28(44)31(47)37(53-16)57-34-32(48)36(51-11-10-18-5-8-21(49-2)20(40)12-18)55-24(15-52-35-30(46)29(45)27(43)23(14-38)54-35)33(34)56-25(41)9-6-17-4-7-19(39)22(13-17)50-3/h4-9,12-13,16,23-24,26-40,42-48H,10-11,14-15H2,1-3H3/t16-,23+,24?,26?,27?,28?,29-,30+,31+,32?,33?,34+,35+,36-,37?/m0/s1.